The smallest absolute Gasteiger partial charge is 0.0697 e. The summed E-state index contributed by atoms with van der Waals surface area (Å²) in [6, 6.07) is 0. The molecule has 0 saturated carbocycles. The highest BCUT2D eigenvalue weighted by Crippen LogP contribution is 2.42. The third-order valence-corrected chi connectivity index (χ3v) is 4.69. The van der Waals surface area contributed by atoms with Crippen LogP contribution >= 0.6 is 11.8 Å². The van der Waals surface area contributed by atoms with Crippen molar-refractivity contribution >= 4 is 11.8 Å². The van der Waals surface area contributed by atoms with Gasteiger partial charge in [0, 0.05) is 18.1 Å². The minimum Gasteiger partial charge on any atom is -0.375 e. The standard InChI is InChI=1S/C11H21NOS/c1-8-6-11(7-9(2)13-8)12-5-4-10(3)14-11/h8-10,12H,4-7H2,1-3H3. The van der Waals surface area contributed by atoms with Crippen LogP contribution in [0.5, 0.6) is 0 Å². The van der Waals surface area contributed by atoms with Gasteiger partial charge in [0.25, 0.3) is 0 Å². The second-order valence-electron chi connectivity index (χ2n) is 4.80. The van der Waals surface area contributed by atoms with Gasteiger partial charge in [0.1, 0.15) is 0 Å². The van der Waals surface area contributed by atoms with Crippen molar-refractivity contribution in [3.05, 3.63) is 0 Å². The molecule has 0 radical (unpaired) electrons. The molecule has 82 valence electrons. The Morgan fingerprint density at radius 1 is 1.21 bits per heavy atom. The molecular formula is C11H21NOS. The third kappa shape index (κ3) is 2.26. The molecule has 0 aromatic carbocycles. The van der Waals surface area contributed by atoms with Crippen molar-refractivity contribution in [2.75, 3.05) is 6.54 Å². The van der Waals surface area contributed by atoms with Crippen LogP contribution in [0.4, 0.5) is 0 Å². The van der Waals surface area contributed by atoms with Crippen molar-refractivity contribution < 1.29 is 4.74 Å². The number of rotatable bonds is 0. The minimum atomic E-state index is 0.314. The molecule has 0 bridgehead atoms. The second-order valence-corrected chi connectivity index (χ2v) is 6.63. The van der Waals surface area contributed by atoms with E-state index in [1.165, 1.54) is 13.0 Å². The van der Waals surface area contributed by atoms with E-state index in [0.29, 0.717) is 17.1 Å². The average Bonchev–Trinajstić information content (AvgIpc) is 1.99. The first-order chi connectivity index (χ1) is 6.60. The Morgan fingerprint density at radius 3 is 2.43 bits per heavy atom. The van der Waals surface area contributed by atoms with E-state index in [-0.39, 0.29) is 0 Å². The van der Waals surface area contributed by atoms with E-state index in [4.69, 9.17) is 4.74 Å². The fourth-order valence-electron chi connectivity index (χ4n) is 2.73. The average molecular weight is 215 g/mol. The maximum atomic E-state index is 5.80. The second kappa shape index (κ2) is 4.03. The van der Waals surface area contributed by atoms with Crippen molar-refractivity contribution in [2.45, 2.75) is 62.4 Å². The van der Waals surface area contributed by atoms with E-state index in [1.54, 1.807) is 0 Å². The summed E-state index contributed by atoms with van der Waals surface area (Å²) in [7, 11) is 0. The normalized spacial score (nSPS) is 49.5. The lowest BCUT2D eigenvalue weighted by molar-refractivity contribution is -0.0496. The summed E-state index contributed by atoms with van der Waals surface area (Å²) in [5.41, 5.74) is 0. The third-order valence-electron chi connectivity index (χ3n) is 3.12. The van der Waals surface area contributed by atoms with Crippen LogP contribution in [0.15, 0.2) is 0 Å². The Labute approximate surface area is 91.2 Å². The Balaban J connectivity index is 2.05. The van der Waals surface area contributed by atoms with Gasteiger partial charge in [0.05, 0.1) is 17.1 Å². The van der Waals surface area contributed by atoms with Crippen LogP contribution in [0, 0.1) is 0 Å². The number of nitrogens with one attached hydrogen (secondary N) is 1. The van der Waals surface area contributed by atoms with Gasteiger partial charge in [-0.25, -0.2) is 0 Å². The van der Waals surface area contributed by atoms with Gasteiger partial charge >= 0.3 is 0 Å². The van der Waals surface area contributed by atoms with Gasteiger partial charge in [0.2, 0.25) is 0 Å². The van der Waals surface area contributed by atoms with Crippen LogP contribution in [0.3, 0.4) is 0 Å². The predicted octanol–water partition coefficient (Wildman–Crippen LogP) is 2.39. The topological polar surface area (TPSA) is 21.3 Å². The highest BCUT2D eigenvalue weighted by molar-refractivity contribution is 8.01. The van der Waals surface area contributed by atoms with Crippen molar-refractivity contribution in [3.63, 3.8) is 0 Å². The molecule has 3 heteroatoms. The molecule has 3 unspecified atom stereocenters. The molecular weight excluding hydrogens is 194 g/mol. The van der Waals surface area contributed by atoms with Gasteiger partial charge in [-0.1, -0.05) is 6.92 Å². The molecule has 3 atom stereocenters. The lowest BCUT2D eigenvalue weighted by atomic mass is 9.98. The van der Waals surface area contributed by atoms with Crippen molar-refractivity contribution in [2.24, 2.45) is 0 Å². The molecule has 1 N–H and O–H groups in total. The van der Waals surface area contributed by atoms with E-state index in [2.05, 4.69) is 37.8 Å². The first-order valence-corrected chi connectivity index (χ1v) is 6.56. The minimum absolute atomic E-state index is 0.314. The Kier molecular flexibility index (Phi) is 3.10. The molecule has 2 fully saturated rings. The van der Waals surface area contributed by atoms with Crippen LogP contribution in [-0.2, 0) is 4.74 Å². The summed E-state index contributed by atoms with van der Waals surface area (Å²) in [4.78, 5) is 0.314. The molecule has 2 saturated heterocycles. The molecule has 1 spiro atoms. The van der Waals surface area contributed by atoms with E-state index >= 15 is 0 Å². The Bertz CT molecular complexity index is 194. The van der Waals surface area contributed by atoms with Crippen LogP contribution in [0.1, 0.15) is 40.0 Å². The van der Waals surface area contributed by atoms with Crippen molar-refractivity contribution in [3.8, 4) is 0 Å². The maximum absolute atomic E-state index is 5.80. The Hall–Kier alpha value is 0.270. The molecule has 0 aromatic heterocycles. The first-order valence-electron chi connectivity index (χ1n) is 5.68. The lowest BCUT2D eigenvalue weighted by Gasteiger charge is -2.47. The number of thioether (sulfide) groups is 1. The molecule has 0 aromatic rings. The molecule has 2 aliphatic rings. The summed E-state index contributed by atoms with van der Waals surface area (Å²) in [6.45, 7) is 7.91. The largest absolute Gasteiger partial charge is 0.375 e. The highest BCUT2D eigenvalue weighted by Gasteiger charge is 2.41. The monoisotopic (exact) mass is 215 g/mol. The first kappa shape index (κ1) is 10.8. The van der Waals surface area contributed by atoms with E-state index in [9.17, 15) is 0 Å². The van der Waals surface area contributed by atoms with E-state index < -0.39 is 0 Å². The van der Waals surface area contributed by atoms with Crippen LogP contribution < -0.4 is 5.32 Å². The SMILES string of the molecule is CC1CC2(CC(C)O1)NCCC(C)S2. The molecule has 2 rings (SSSR count). The Morgan fingerprint density at radius 2 is 1.86 bits per heavy atom. The number of hydrogen-bond donors (Lipinski definition) is 1. The fourth-order valence-corrected chi connectivity index (χ4v) is 4.59. The van der Waals surface area contributed by atoms with Gasteiger partial charge in [-0.2, -0.15) is 0 Å². The summed E-state index contributed by atoms with van der Waals surface area (Å²) in [6.07, 6.45) is 4.43. The van der Waals surface area contributed by atoms with Crippen molar-refractivity contribution in [1.29, 1.82) is 0 Å². The highest BCUT2D eigenvalue weighted by atomic mass is 32.2. The zero-order valence-corrected chi connectivity index (χ0v) is 10.2. The summed E-state index contributed by atoms with van der Waals surface area (Å²) >= 11 is 2.13. The predicted molar refractivity (Wildman–Crippen MR) is 61.6 cm³/mol. The van der Waals surface area contributed by atoms with E-state index in [0.717, 1.165) is 18.1 Å². The molecule has 2 aliphatic heterocycles. The van der Waals surface area contributed by atoms with Crippen molar-refractivity contribution in [1.82, 2.24) is 5.32 Å². The van der Waals surface area contributed by atoms with Gasteiger partial charge in [-0.05, 0) is 26.8 Å². The van der Waals surface area contributed by atoms with Crippen LogP contribution in [0.25, 0.3) is 0 Å². The molecule has 0 amide bonds. The fraction of sp³-hybridized carbons (Fsp3) is 1.00. The summed E-state index contributed by atoms with van der Waals surface area (Å²) in [5.74, 6) is 0. The van der Waals surface area contributed by atoms with Gasteiger partial charge < -0.3 is 10.1 Å². The number of ether oxygens (including phenoxy) is 1. The summed E-state index contributed by atoms with van der Waals surface area (Å²) in [5, 5.41) is 4.51. The van der Waals surface area contributed by atoms with Gasteiger partial charge in [0.15, 0.2) is 0 Å². The summed E-state index contributed by atoms with van der Waals surface area (Å²) < 4.78 is 5.80. The van der Waals surface area contributed by atoms with Crippen LogP contribution in [0.2, 0.25) is 0 Å². The van der Waals surface area contributed by atoms with Gasteiger partial charge in [-0.3, -0.25) is 0 Å². The van der Waals surface area contributed by atoms with Gasteiger partial charge in [-0.15, -0.1) is 11.8 Å². The molecule has 2 heterocycles. The van der Waals surface area contributed by atoms with Crippen LogP contribution in [-0.4, -0.2) is 28.9 Å². The molecule has 14 heavy (non-hydrogen) atoms. The quantitative estimate of drug-likeness (QED) is 0.670. The number of hydrogen-bond acceptors (Lipinski definition) is 3. The zero-order valence-electron chi connectivity index (χ0n) is 9.38. The zero-order chi connectivity index (χ0) is 10.2. The lowest BCUT2D eigenvalue weighted by Crippen LogP contribution is -2.54. The molecule has 2 nitrogen and oxygen atoms in total. The molecule has 0 aliphatic carbocycles. The van der Waals surface area contributed by atoms with E-state index in [1.807, 2.05) is 0 Å². The maximum Gasteiger partial charge on any atom is 0.0697 e.